The molecule has 2 rings (SSSR count). The first-order chi connectivity index (χ1) is 12.1. The molecule has 0 aromatic heterocycles. The largest absolute Gasteiger partial charge is 0.497 e. The van der Waals surface area contributed by atoms with Gasteiger partial charge in [0.1, 0.15) is 5.75 Å². The average Bonchev–Trinajstić information content (AvgIpc) is 2.63. The molecule has 0 spiro atoms. The van der Waals surface area contributed by atoms with Crippen molar-refractivity contribution in [2.45, 2.75) is 19.4 Å². The Morgan fingerprint density at radius 2 is 1.84 bits per heavy atom. The van der Waals surface area contributed by atoms with Crippen LogP contribution in [0.4, 0.5) is 5.69 Å². The maximum atomic E-state index is 12.3. The van der Waals surface area contributed by atoms with Crippen LogP contribution in [0.15, 0.2) is 55.1 Å². The number of anilines is 1. The lowest BCUT2D eigenvalue weighted by atomic mass is 10.1. The van der Waals surface area contributed by atoms with E-state index in [9.17, 15) is 4.79 Å². The number of benzene rings is 2. The first-order valence-electron chi connectivity index (χ1n) is 7.96. The smallest absolute Gasteiger partial charge is 0.265 e. The van der Waals surface area contributed by atoms with Gasteiger partial charge in [-0.25, -0.2) is 0 Å². The van der Waals surface area contributed by atoms with Gasteiger partial charge in [0.2, 0.25) is 0 Å². The molecule has 0 radical (unpaired) electrons. The summed E-state index contributed by atoms with van der Waals surface area (Å²) in [5, 5.41) is 2.81. The van der Waals surface area contributed by atoms with Crippen molar-refractivity contribution in [1.29, 1.82) is 0 Å². The first-order valence-corrected chi connectivity index (χ1v) is 7.96. The maximum absolute atomic E-state index is 12.3. The number of allylic oxidation sites excluding steroid dienone is 1. The van der Waals surface area contributed by atoms with Gasteiger partial charge < -0.3 is 19.5 Å². The third-order valence-corrected chi connectivity index (χ3v) is 3.64. The Hall–Kier alpha value is -2.95. The number of nitrogens with one attached hydrogen (secondary N) is 1. The number of ether oxygens (including phenoxy) is 3. The van der Waals surface area contributed by atoms with Crippen molar-refractivity contribution in [1.82, 2.24) is 0 Å². The zero-order valence-corrected chi connectivity index (χ0v) is 14.7. The lowest BCUT2D eigenvalue weighted by Gasteiger charge is -2.17. The van der Waals surface area contributed by atoms with Crippen molar-refractivity contribution < 1.29 is 19.0 Å². The third-order valence-electron chi connectivity index (χ3n) is 3.64. The normalized spacial score (nSPS) is 11.3. The van der Waals surface area contributed by atoms with E-state index in [0.717, 1.165) is 17.7 Å². The van der Waals surface area contributed by atoms with Gasteiger partial charge in [0, 0.05) is 5.69 Å². The Bertz CT molecular complexity index is 725. The van der Waals surface area contributed by atoms with Crippen LogP contribution >= 0.6 is 0 Å². The predicted molar refractivity (Wildman–Crippen MR) is 98.6 cm³/mol. The fraction of sp³-hybridized carbons (Fsp3) is 0.250. The quantitative estimate of drug-likeness (QED) is 0.741. The number of carbonyl (C=O) groups excluding carboxylic acids is 1. The second kappa shape index (κ2) is 8.78. The molecule has 2 aromatic rings. The SMILES string of the molecule is C=CCc1ccc(O[C@H](C)C(=O)Nc2ccc(OC)cc2)c(OC)c1. The summed E-state index contributed by atoms with van der Waals surface area (Å²) >= 11 is 0. The van der Waals surface area contributed by atoms with E-state index in [-0.39, 0.29) is 5.91 Å². The molecule has 0 saturated heterocycles. The van der Waals surface area contributed by atoms with Crippen molar-refractivity contribution in [3.63, 3.8) is 0 Å². The zero-order chi connectivity index (χ0) is 18.2. The van der Waals surface area contributed by atoms with Crippen molar-refractivity contribution in [3.05, 3.63) is 60.7 Å². The second-order valence-corrected chi connectivity index (χ2v) is 5.46. The molecule has 1 amide bonds. The summed E-state index contributed by atoms with van der Waals surface area (Å²) in [4.78, 5) is 12.3. The molecule has 0 aliphatic carbocycles. The van der Waals surface area contributed by atoms with Crippen LogP contribution in [0.5, 0.6) is 17.2 Å². The van der Waals surface area contributed by atoms with E-state index in [2.05, 4.69) is 11.9 Å². The van der Waals surface area contributed by atoms with Crippen molar-refractivity contribution in [2.75, 3.05) is 19.5 Å². The maximum Gasteiger partial charge on any atom is 0.265 e. The fourth-order valence-electron chi connectivity index (χ4n) is 2.27. The Labute approximate surface area is 148 Å². The molecule has 5 heteroatoms. The Morgan fingerprint density at radius 3 is 2.44 bits per heavy atom. The topological polar surface area (TPSA) is 56.8 Å². The lowest BCUT2D eigenvalue weighted by molar-refractivity contribution is -0.122. The summed E-state index contributed by atoms with van der Waals surface area (Å²) in [6.07, 6.45) is 1.88. The number of methoxy groups -OCH3 is 2. The van der Waals surface area contributed by atoms with E-state index < -0.39 is 6.10 Å². The van der Waals surface area contributed by atoms with Crippen LogP contribution in [0.3, 0.4) is 0 Å². The molecule has 0 aliphatic heterocycles. The van der Waals surface area contributed by atoms with Crippen LogP contribution in [-0.4, -0.2) is 26.2 Å². The van der Waals surface area contributed by atoms with E-state index in [1.165, 1.54) is 0 Å². The summed E-state index contributed by atoms with van der Waals surface area (Å²) in [7, 11) is 3.17. The highest BCUT2D eigenvalue weighted by Gasteiger charge is 2.17. The summed E-state index contributed by atoms with van der Waals surface area (Å²) < 4.78 is 16.2. The molecule has 2 aromatic carbocycles. The number of amides is 1. The second-order valence-electron chi connectivity index (χ2n) is 5.46. The number of hydrogen-bond donors (Lipinski definition) is 1. The van der Waals surface area contributed by atoms with E-state index in [1.54, 1.807) is 51.5 Å². The Morgan fingerprint density at radius 1 is 1.12 bits per heavy atom. The number of rotatable bonds is 8. The highest BCUT2D eigenvalue weighted by Crippen LogP contribution is 2.29. The van der Waals surface area contributed by atoms with Crippen LogP contribution in [0, 0.1) is 0 Å². The number of hydrogen-bond acceptors (Lipinski definition) is 4. The molecule has 0 unspecified atom stereocenters. The fourth-order valence-corrected chi connectivity index (χ4v) is 2.27. The molecule has 132 valence electrons. The first kappa shape index (κ1) is 18.4. The minimum Gasteiger partial charge on any atom is -0.497 e. The van der Waals surface area contributed by atoms with Gasteiger partial charge in [-0.1, -0.05) is 12.1 Å². The van der Waals surface area contributed by atoms with Crippen molar-refractivity contribution in [2.24, 2.45) is 0 Å². The van der Waals surface area contributed by atoms with E-state index in [0.29, 0.717) is 17.2 Å². The van der Waals surface area contributed by atoms with Crippen LogP contribution in [0.1, 0.15) is 12.5 Å². The molecule has 0 heterocycles. The minimum absolute atomic E-state index is 0.248. The van der Waals surface area contributed by atoms with Crippen LogP contribution in [0.25, 0.3) is 0 Å². The van der Waals surface area contributed by atoms with E-state index in [4.69, 9.17) is 14.2 Å². The van der Waals surface area contributed by atoms with Crippen molar-refractivity contribution >= 4 is 11.6 Å². The predicted octanol–water partition coefficient (Wildman–Crippen LogP) is 3.84. The van der Waals surface area contributed by atoms with Gasteiger partial charge in [-0.2, -0.15) is 0 Å². The van der Waals surface area contributed by atoms with Gasteiger partial charge in [0.15, 0.2) is 17.6 Å². The van der Waals surface area contributed by atoms with E-state index in [1.807, 2.05) is 18.2 Å². The molecule has 0 aliphatic rings. The average molecular weight is 341 g/mol. The molecule has 0 saturated carbocycles. The Kier molecular flexibility index (Phi) is 6.46. The lowest BCUT2D eigenvalue weighted by Crippen LogP contribution is -2.30. The minimum atomic E-state index is -0.679. The molecule has 0 bridgehead atoms. The summed E-state index contributed by atoms with van der Waals surface area (Å²) in [5.74, 6) is 1.59. The molecule has 25 heavy (non-hydrogen) atoms. The molecular weight excluding hydrogens is 318 g/mol. The highest BCUT2D eigenvalue weighted by atomic mass is 16.5. The summed E-state index contributed by atoms with van der Waals surface area (Å²) in [5.41, 5.74) is 1.74. The Balaban J connectivity index is 2.03. The third kappa shape index (κ3) is 5.01. The zero-order valence-electron chi connectivity index (χ0n) is 14.7. The van der Waals surface area contributed by atoms with E-state index >= 15 is 0 Å². The standard InChI is InChI=1S/C20H23NO4/c1-5-6-15-7-12-18(19(13-15)24-4)25-14(2)20(22)21-16-8-10-17(23-3)11-9-16/h5,7-14H,1,6H2,2-4H3,(H,21,22)/t14-/m1/s1. The van der Waals surface area contributed by atoms with Gasteiger partial charge in [-0.15, -0.1) is 6.58 Å². The molecule has 5 nitrogen and oxygen atoms in total. The van der Waals surface area contributed by atoms with Crippen LogP contribution in [0.2, 0.25) is 0 Å². The summed E-state index contributed by atoms with van der Waals surface area (Å²) in [6, 6.07) is 12.7. The van der Waals surface area contributed by atoms with Crippen LogP contribution < -0.4 is 19.5 Å². The molecule has 1 atom stereocenters. The van der Waals surface area contributed by atoms with Crippen LogP contribution in [-0.2, 0) is 11.2 Å². The molecule has 0 fully saturated rings. The molecule has 1 N–H and O–H groups in total. The monoisotopic (exact) mass is 341 g/mol. The van der Waals surface area contributed by atoms with Gasteiger partial charge in [0.05, 0.1) is 14.2 Å². The number of carbonyl (C=O) groups is 1. The van der Waals surface area contributed by atoms with Gasteiger partial charge in [-0.05, 0) is 55.3 Å². The van der Waals surface area contributed by atoms with Gasteiger partial charge in [-0.3, -0.25) is 4.79 Å². The highest BCUT2D eigenvalue weighted by molar-refractivity contribution is 5.94. The molecular formula is C20H23NO4. The summed E-state index contributed by atoms with van der Waals surface area (Å²) in [6.45, 7) is 5.41. The van der Waals surface area contributed by atoms with Crippen molar-refractivity contribution in [3.8, 4) is 17.2 Å². The van der Waals surface area contributed by atoms with Gasteiger partial charge >= 0.3 is 0 Å². The van der Waals surface area contributed by atoms with Gasteiger partial charge in [0.25, 0.3) is 5.91 Å².